The minimum atomic E-state index is 0.377. The number of rotatable bonds is 1. The number of aromatic nitrogens is 3. The Morgan fingerprint density at radius 3 is 3.18 bits per heavy atom. The second kappa shape index (κ2) is 4.15. The molecular formula is C12H13N5. The molecule has 1 fully saturated rings. The molecule has 1 aliphatic rings. The van der Waals surface area contributed by atoms with Gasteiger partial charge in [0.25, 0.3) is 0 Å². The molecule has 0 saturated carbocycles. The molecule has 1 atom stereocenters. The van der Waals surface area contributed by atoms with Crippen LogP contribution >= 0.6 is 0 Å². The van der Waals surface area contributed by atoms with Crippen molar-refractivity contribution in [2.75, 3.05) is 13.1 Å². The Bertz CT molecular complexity index is 574. The van der Waals surface area contributed by atoms with Gasteiger partial charge in [-0.05, 0) is 25.5 Å². The molecule has 1 unspecified atom stereocenters. The number of hydrogen-bond acceptors (Lipinski definition) is 4. The van der Waals surface area contributed by atoms with Crippen LogP contribution in [0.3, 0.4) is 0 Å². The lowest BCUT2D eigenvalue weighted by Crippen LogP contribution is -2.32. The van der Waals surface area contributed by atoms with Crippen LogP contribution in [-0.4, -0.2) is 27.9 Å². The van der Waals surface area contributed by atoms with Crippen LogP contribution in [0.4, 0.5) is 0 Å². The number of pyridine rings is 1. The van der Waals surface area contributed by atoms with Crippen LogP contribution in [0.25, 0.3) is 11.0 Å². The van der Waals surface area contributed by atoms with Gasteiger partial charge >= 0.3 is 0 Å². The highest BCUT2D eigenvalue weighted by Gasteiger charge is 2.18. The molecule has 1 saturated heterocycles. The van der Waals surface area contributed by atoms with Gasteiger partial charge in [-0.1, -0.05) is 0 Å². The van der Waals surface area contributed by atoms with Crippen molar-refractivity contribution < 1.29 is 0 Å². The fourth-order valence-corrected chi connectivity index (χ4v) is 2.31. The number of fused-ring (bicyclic) bond motifs is 1. The van der Waals surface area contributed by atoms with Gasteiger partial charge in [0.05, 0.1) is 17.8 Å². The van der Waals surface area contributed by atoms with Gasteiger partial charge in [-0.2, -0.15) is 10.4 Å². The van der Waals surface area contributed by atoms with E-state index < -0.39 is 0 Å². The first-order chi connectivity index (χ1) is 8.38. The molecule has 1 N–H and O–H groups in total. The van der Waals surface area contributed by atoms with E-state index in [0.29, 0.717) is 11.6 Å². The largest absolute Gasteiger partial charge is 0.315 e. The van der Waals surface area contributed by atoms with Crippen molar-refractivity contribution in [3.05, 3.63) is 24.0 Å². The van der Waals surface area contributed by atoms with Gasteiger partial charge in [0.2, 0.25) is 0 Å². The quantitative estimate of drug-likeness (QED) is 0.795. The topological polar surface area (TPSA) is 66.5 Å². The first-order valence-electron chi connectivity index (χ1n) is 5.82. The molecule has 17 heavy (non-hydrogen) atoms. The Kier molecular flexibility index (Phi) is 2.50. The number of nitrogens with one attached hydrogen (secondary N) is 1. The average molecular weight is 227 g/mol. The van der Waals surface area contributed by atoms with Crippen molar-refractivity contribution in [1.29, 1.82) is 5.26 Å². The fraction of sp³-hybridized carbons (Fsp3) is 0.417. The minimum absolute atomic E-state index is 0.377. The van der Waals surface area contributed by atoms with E-state index in [4.69, 9.17) is 5.26 Å². The molecule has 0 radical (unpaired) electrons. The summed E-state index contributed by atoms with van der Waals surface area (Å²) < 4.78 is 1.97. The summed E-state index contributed by atoms with van der Waals surface area (Å²) >= 11 is 0. The standard InChI is InChI=1S/C12H13N5/c13-5-9-4-10-7-16-17(12(10)15-6-9)11-2-1-3-14-8-11/h4,6-7,11,14H,1-3,8H2. The summed E-state index contributed by atoms with van der Waals surface area (Å²) in [5, 5.41) is 17.5. The van der Waals surface area contributed by atoms with E-state index in [-0.39, 0.29) is 0 Å². The van der Waals surface area contributed by atoms with E-state index in [1.165, 1.54) is 6.42 Å². The van der Waals surface area contributed by atoms with Gasteiger partial charge in [0.1, 0.15) is 6.07 Å². The smallest absolute Gasteiger partial charge is 0.158 e. The molecule has 5 heteroatoms. The number of hydrogen-bond donors (Lipinski definition) is 1. The second-order valence-electron chi connectivity index (χ2n) is 4.34. The lowest BCUT2D eigenvalue weighted by Gasteiger charge is -2.23. The Morgan fingerprint density at radius 1 is 1.47 bits per heavy atom. The SMILES string of the molecule is N#Cc1cnc2c(cnn2C2CCCNC2)c1. The summed E-state index contributed by atoms with van der Waals surface area (Å²) in [7, 11) is 0. The monoisotopic (exact) mass is 227 g/mol. The summed E-state index contributed by atoms with van der Waals surface area (Å²) in [6.45, 7) is 2.03. The van der Waals surface area contributed by atoms with Crippen LogP contribution in [0.15, 0.2) is 18.5 Å². The molecule has 0 bridgehead atoms. The Hall–Kier alpha value is -1.93. The van der Waals surface area contributed by atoms with Gasteiger partial charge in [-0.25, -0.2) is 9.67 Å². The summed E-state index contributed by atoms with van der Waals surface area (Å²) in [5.41, 5.74) is 1.46. The third-order valence-corrected chi connectivity index (χ3v) is 3.18. The molecule has 2 aromatic heterocycles. The third kappa shape index (κ3) is 1.77. The normalized spacial score (nSPS) is 20.3. The fourth-order valence-electron chi connectivity index (χ4n) is 2.31. The van der Waals surface area contributed by atoms with E-state index in [1.54, 1.807) is 12.4 Å². The van der Waals surface area contributed by atoms with Gasteiger partial charge in [0, 0.05) is 18.1 Å². The molecule has 1 aliphatic heterocycles. The van der Waals surface area contributed by atoms with Gasteiger partial charge < -0.3 is 5.32 Å². The predicted octanol–water partition coefficient (Wildman–Crippen LogP) is 1.23. The summed E-state index contributed by atoms with van der Waals surface area (Å²) in [5.74, 6) is 0. The van der Waals surface area contributed by atoms with Crippen molar-refractivity contribution in [3.63, 3.8) is 0 Å². The molecule has 5 nitrogen and oxygen atoms in total. The molecule has 3 rings (SSSR count). The minimum Gasteiger partial charge on any atom is -0.315 e. The van der Waals surface area contributed by atoms with Gasteiger partial charge in [0.15, 0.2) is 5.65 Å². The lowest BCUT2D eigenvalue weighted by molar-refractivity contribution is 0.353. The van der Waals surface area contributed by atoms with Crippen LogP contribution in [0.5, 0.6) is 0 Å². The molecular weight excluding hydrogens is 214 g/mol. The highest BCUT2D eigenvalue weighted by Crippen LogP contribution is 2.21. The highest BCUT2D eigenvalue weighted by atomic mass is 15.3. The molecule has 0 spiro atoms. The molecule has 3 heterocycles. The maximum atomic E-state index is 8.83. The summed E-state index contributed by atoms with van der Waals surface area (Å²) in [6, 6.07) is 4.31. The van der Waals surface area contributed by atoms with Crippen molar-refractivity contribution in [2.45, 2.75) is 18.9 Å². The number of nitrogens with zero attached hydrogens (tertiary/aromatic N) is 4. The van der Waals surface area contributed by atoms with Crippen molar-refractivity contribution in [2.24, 2.45) is 0 Å². The third-order valence-electron chi connectivity index (χ3n) is 3.18. The second-order valence-corrected chi connectivity index (χ2v) is 4.34. The van der Waals surface area contributed by atoms with Crippen LogP contribution in [-0.2, 0) is 0 Å². The van der Waals surface area contributed by atoms with Crippen molar-refractivity contribution in [3.8, 4) is 6.07 Å². The van der Waals surface area contributed by atoms with Crippen LogP contribution < -0.4 is 5.32 Å². The van der Waals surface area contributed by atoms with E-state index in [2.05, 4.69) is 21.5 Å². The lowest BCUT2D eigenvalue weighted by atomic mass is 10.1. The zero-order chi connectivity index (χ0) is 11.7. The maximum absolute atomic E-state index is 8.83. The average Bonchev–Trinajstić information content (AvgIpc) is 2.82. The molecule has 86 valence electrons. The molecule has 0 amide bonds. The molecule has 2 aromatic rings. The van der Waals surface area contributed by atoms with Gasteiger partial charge in [-0.3, -0.25) is 0 Å². The van der Waals surface area contributed by atoms with Crippen LogP contribution in [0.1, 0.15) is 24.4 Å². The Labute approximate surface area is 99.1 Å². The Balaban J connectivity index is 2.03. The van der Waals surface area contributed by atoms with E-state index in [1.807, 2.05) is 10.7 Å². The predicted molar refractivity (Wildman–Crippen MR) is 63.4 cm³/mol. The van der Waals surface area contributed by atoms with Crippen molar-refractivity contribution in [1.82, 2.24) is 20.1 Å². The zero-order valence-corrected chi connectivity index (χ0v) is 9.43. The Morgan fingerprint density at radius 2 is 2.41 bits per heavy atom. The first kappa shape index (κ1) is 10.2. The highest BCUT2D eigenvalue weighted by molar-refractivity contribution is 5.75. The van der Waals surface area contributed by atoms with E-state index >= 15 is 0 Å². The van der Waals surface area contributed by atoms with E-state index in [9.17, 15) is 0 Å². The number of nitriles is 1. The molecule has 0 aliphatic carbocycles. The first-order valence-corrected chi connectivity index (χ1v) is 5.82. The summed E-state index contributed by atoms with van der Waals surface area (Å²) in [6.07, 6.45) is 5.70. The maximum Gasteiger partial charge on any atom is 0.158 e. The number of piperidine rings is 1. The van der Waals surface area contributed by atoms with Crippen LogP contribution in [0.2, 0.25) is 0 Å². The molecule has 0 aromatic carbocycles. The van der Waals surface area contributed by atoms with Crippen LogP contribution in [0, 0.1) is 11.3 Å². The van der Waals surface area contributed by atoms with E-state index in [0.717, 1.165) is 30.5 Å². The van der Waals surface area contributed by atoms with Gasteiger partial charge in [-0.15, -0.1) is 0 Å². The summed E-state index contributed by atoms with van der Waals surface area (Å²) in [4.78, 5) is 4.34. The zero-order valence-electron chi connectivity index (χ0n) is 9.43. The van der Waals surface area contributed by atoms with Crippen molar-refractivity contribution >= 4 is 11.0 Å².